The number of thiazole rings is 1. The van der Waals surface area contributed by atoms with Crippen molar-refractivity contribution in [2.75, 3.05) is 0 Å². The first-order valence-electron chi connectivity index (χ1n) is 5.16. The highest BCUT2D eigenvalue weighted by molar-refractivity contribution is 7.10. The van der Waals surface area contributed by atoms with E-state index in [0.29, 0.717) is 5.02 Å². The number of rotatable bonds is 2. The Hall–Kier alpha value is -1.37. The summed E-state index contributed by atoms with van der Waals surface area (Å²) in [6, 6.07) is 9.82. The van der Waals surface area contributed by atoms with E-state index in [4.69, 9.17) is 16.9 Å². The highest BCUT2D eigenvalue weighted by Crippen LogP contribution is 2.30. The maximum atomic E-state index is 9.07. The van der Waals surface area contributed by atoms with Crippen LogP contribution >= 0.6 is 22.9 Å². The third-order valence-corrected chi connectivity index (χ3v) is 3.84. The number of nitriles is 1. The molecule has 0 aliphatic heterocycles. The second-order valence-electron chi connectivity index (χ2n) is 4.29. The third kappa shape index (κ3) is 2.49. The quantitative estimate of drug-likeness (QED) is 0.811. The van der Waals surface area contributed by atoms with Crippen LogP contribution in [-0.4, -0.2) is 4.98 Å². The van der Waals surface area contributed by atoms with Gasteiger partial charge in [-0.05, 0) is 26.0 Å². The molecule has 0 fully saturated rings. The minimum Gasteiger partial charge on any atom is -0.240 e. The first-order chi connectivity index (χ1) is 8.03. The van der Waals surface area contributed by atoms with Gasteiger partial charge in [-0.15, -0.1) is 11.3 Å². The van der Waals surface area contributed by atoms with Crippen LogP contribution in [0.2, 0.25) is 5.02 Å². The van der Waals surface area contributed by atoms with E-state index in [1.165, 1.54) is 11.3 Å². The molecular formula is C13H11ClN2S. The zero-order valence-electron chi connectivity index (χ0n) is 9.57. The minimum absolute atomic E-state index is 0.540. The molecule has 0 saturated carbocycles. The van der Waals surface area contributed by atoms with E-state index >= 15 is 0 Å². The summed E-state index contributed by atoms with van der Waals surface area (Å²) < 4.78 is 0. The lowest BCUT2D eigenvalue weighted by Crippen LogP contribution is -2.13. The normalized spacial score (nSPS) is 11.2. The zero-order chi connectivity index (χ0) is 12.5. The molecule has 0 atom stereocenters. The third-order valence-electron chi connectivity index (χ3n) is 2.44. The van der Waals surface area contributed by atoms with Crippen LogP contribution in [-0.2, 0) is 5.41 Å². The highest BCUT2D eigenvalue weighted by atomic mass is 35.5. The van der Waals surface area contributed by atoms with Crippen molar-refractivity contribution in [2.45, 2.75) is 19.3 Å². The van der Waals surface area contributed by atoms with Crippen LogP contribution in [0.3, 0.4) is 0 Å². The first kappa shape index (κ1) is 12.1. The SMILES string of the molecule is CC(C)(C#N)c1nc(-c2cccc(Cl)c2)cs1. The van der Waals surface area contributed by atoms with Gasteiger partial charge in [-0.2, -0.15) is 5.26 Å². The summed E-state index contributed by atoms with van der Waals surface area (Å²) in [6.45, 7) is 3.74. The maximum Gasteiger partial charge on any atom is 0.113 e. The second-order valence-corrected chi connectivity index (χ2v) is 5.58. The molecule has 0 amide bonds. The predicted molar refractivity (Wildman–Crippen MR) is 71.2 cm³/mol. The van der Waals surface area contributed by atoms with Crippen molar-refractivity contribution in [2.24, 2.45) is 0 Å². The van der Waals surface area contributed by atoms with Crippen molar-refractivity contribution in [3.63, 3.8) is 0 Å². The molecule has 4 heteroatoms. The number of benzene rings is 1. The molecule has 0 N–H and O–H groups in total. The molecule has 0 aliphatic carbocycles. The van der Waals surface area contributed by atoms with Crippen molar-refractivity contribution in [1.82, 2.24) is 4.98 Å². The Morgan fingerprint density at radius 3 is 2.82 bits per heavy atom. The van der Waals surface area contributed by atoms with Gasteiger partial charge in [0.15, 0.2) is 0 Å². The van der Waals surface area contributed by atoms with Crippen LogP contribution in [0, 0.1) is 11.3 Å². The van der Waals surface area contributed by atoms with Gasteiger partial charge in [0.1, 0.15) is 10.4 Å². The molecule has 2 rings (SSSR count). The van der Waals surface area contributed by atoms with Gasteiger partial charge in [0, 0.05) is 16.0 Å². The average Bonchev–Trinajstić information content (AvgIpc) is 2.79. The fourth-order valence-electron chi connectivity index (χ4n) is 1.39. The molecule has 0 saturated heterocycles. The molecule has 1 heterocycles. The van der Waals surface area contributed by atoms with Crippen molar-refractivity contribution >= 4 is 22.9 Å². The molecule has 0 unspecified atom stereocenters. The highest BCUT2D eigenvalue weighted by Gasteiger charge is 2.23. The van der Waals surface area contributed by atoms with E-state index in [-0.39, 0.29) is 0 Å². The van der Waals surface area contributed by atoms with Crippen molar-refractivity contribution in [3.05, 3.63) is 39.7 Å². The van der Waals surface area contributed by atoms with Gasteiger partial charge >= 0.3 is 0 Å². The largest absolute Gasteiger partial charge is 0.240 e. The molecule has 2 aromatic rings. The van der Waals surface area contributed by atoms with Gasteiger partial charge in [0.2, 0.25) is 0 Å². The molecule has 0 spiro atoms. The Bertz CT molecular complexity index is 581. The summed E-state index contributed by atoms with van der Waals surface area (Å²) in [6.07, 6.45) is 0. The first-order valence-corrected chi connectivity index (χ1v) is 6.42. The summed E-state index contributed by atoms with van der Waals surface area (Å²) in [7, 11) is 0. The zero-order valence-corrected chi connectivity index (χ0v) is 11.1. The molecular weight excluding hydrogens is 252 g/mol. The lowest BCUT2D eigenvalue weighted by Gasteiger charge is -2.09. The van der Waals surface area contributed by atoms with Crippen LogP contribution in [0.5, 0.6) is 0 Å². The second kappa shape index (κ2) is 4.48. The summed E-state index contributed by atoms with van der Waals surface area (Å²) in [4.78, 5) is 4.50. The van der Waals surface area contributed by atoms with Gasteiger partial charge < -0.3 is 0 Å². The van der Waals surface area contributed by atoms with E-state index in [0.717, 1.165) is 16.3 Å². The predicted octanol–water partition coefficient (Wildman–Crippen LogP) is 4.26. The van der Waals surface area contributed by atoms with Crippen LogP contribution in [0.25, 0.3) is 11.3 Å². The number of hydrogen-bond acceptors (Lipinski definition) is 3. The van der Waals surface area contributed by atoms with Gasteiger partial charge in [-0.3, -0.25) is 0 Å². The summed E-state index contributed by atoms with van der Waals surface area (Å²) >= 11 is 7.45. The van der Waals surface area contributed by atoms with Crippen LogP contribution < -0.4 is 0 Å². The fraction of sp³-hybridized carbons (Fsp3) is 0.231. The molecule has 2 nitrogen and oxygen atoms in total. The lowest BCUT2D eigenvalue weighted by atomic mass is 9.97. The number of nitrogens with zero attached hydrogens (tertiary/aromatic N) is 2. The standard InChI is InChI=1S/C13H11ClN2S/c1-13(2,8-15)12-16-11(7-17-12)9-4-3-5-10(14)6-9/h3-7H,1-2H3. The topological polar surface area (TPSA) is 36.7 Å². The monoisotopic (exact) mass is 262 g/mol. The molecule has 0 radical (unpaired) electrons. The molecule has 1 aromatic carbocycles. The number of halogens is 1. The van der Waals surface area contributed by atoms with E-state index in [1.54, 1.807) is 0 Å². The average molecular weight is 263 g/mol. The van der Waals surface area contributed by atoms with E-state index in [9.17, 15) is 0 Å². The van der Waals surface area contributed by atoms with Crippen LogP contribution in [0.4, 0.5) is 0 Å². The molecule has 1 aromatic heterocycles. The Balaban J connectivity index is 2.41. The van der Waals surface area contributed by atoms with Crippen molar-refractivity contribution in [3.8, 4) is 17.3 Å². The van der Waals surface area contributed by atoms with Crippen molar-refractivity contribution < 1.29 is 0 Å². The number of aromatic nitrogens is 1. The van der Waals surface area contributed by atoms with Crippen LogP contribution in [0.15, 0.2) is 29.6 Å². The molecule has 0 bridgehead atoms. The minimum atomic E-state index is -0.540. The van der Waals surface area contributed by atoms with Crippen LogP contribution in [0.1, 0.15) is 18.9 Å². The van der Waals surface area contributed by atoms with Gasteiger partial charge in [-0.1, -0.05) is 23.7 Å². The maximum absolute atomic E-state index is 9.07. The molecule has 0 aliphatic rings. The summed E-state index contributed by atoms with van der Waals surface area (Å²) in [5.41, 5.74) is 1.31. The Kier molecular flexibility index (Phi) is 3.19. The fourth-order valence-corrected chi connectivity index (χ4v) is 2.48. The Morgan fingerprint density at radius 1 is 1.41 bits per heavy atom. The Morgan fingerprint density at radius 2 is 2.18 bits per heavy atom. The van der Waals surface area contributed by atoms with E-state index < -0.39 is 5.41 Å². The molecule has 17 heavy (non-hydrogen) atoms. The molecule has 86 valence electrons. The Labute approximate surface area is 110 Å². The van der Waals surface area contributed by atoms with Gasteiger partial charge in [0.25, 0.3) is 0 Å². The van der Waals surface area contributed by atoms with Gasteiger partial charge in [-0.25, -0.2) is 4.98 Å². The summed E-state index contributed by atoms with van der Waals surface area (Å²) in [5.74, 6) is 0. The van der Waals surface area contributed by atoms with Crippen molar-refractivity contribution in [1.29, 1.82) is 5.26 Å². The number of hydrogen-bond donors (Lipinski definition) is 0. The lowest BCUT2D eigenvalue weighted by molar-refractivity contribution is 0.680. The summed E-state index contributed by atoms with van der Waals surface area (Å²) in [5, 5.41) is 12.5. The van der Waals surface area contributed by atoms with Gasteiger partial charge in [0.05, 0.1) is 11.8 Å². The van der Waals surface area contributed by atoms with E-state index in [2.05, 4.69) is 11.1 Å². The van der Waals surface area contributed by atoms with E-state index in [1.807, 2.05) is 43.5 Å². The smallest absolute Gasteiger partial charge is 0.113 e.